The van der Waals surface area contributed by atoms with Crippen molar-refractivity contribution in [1.82, 2.24) is 0 Å². The number of carbonyl (C=O) groups is 1. The van der Waals surface area contributed by atoms with Crippen LogP contribution in [0.15, 0.2) is 59.1 Å². The van der Waals surface area contributed by atoms with E-state index >= 15 is 0 Å². The smallest absolute Gasteiger partial charge is 0.328 e. The highest BCUT2D eigenvalue weighted by molar-refractivity contribution is 9.10. The van der Waals surface area contributed by atoms with Gasteiger partial charge in [-0.15, -0.1) is 0 Å². The molecule has 19 heavy (non-hydrogen) atoms. The average Bonchev–Trinajstić information content (AvgIpc) is 2.37. The summed E-state index contributed by atoms with van der Waals surface area (Å²) < 4.78 is 6.63. The van der Waals surface area contributed by atoms with Gasteiger partial charge in [0.15, 0.2) is 0 Å². The fourth-order valence-corrected chi connectivity index (χ4v) is 1.89. The van der Waals surface area contributed by atoms with Crippen molar-refractivity contribution >= 4 is 28.0 Å². The molecule has 0 aliphatic heterocycles. The molecule has 4 heteroatoms. The summed E-state index contributed by atoms with van der Waals surface area (Å²) in [6.07, 6.45) is 2.62. The fraction of sp³-hybridized carbons (Fsp3) is 0. The van der Waals surface area contributed by atoms with Crippen molar-refractivity contribution in [3.8, 4) is 11.5 Å². The Morgan fingerprint density at radius 2 is 1.79 bits per heavy atom. The largest absolute Gasteiger partial charge is 0.478 e. The summed E-state index contributed by atoms with van der Waals surface area (Å²) in [5.74, 6) is 0.401. The van der Waals surface area contributed by atoms with Crippen molar-refractivity contribution in [1.29, 1.82) is 0 Å². The van der Waals surface area contributed by atoms with E-state index < -0.39 is 5.97 Å². The molecule has 1 N–H and O–H groups in total. The van der Waals surface area contributed by atoms with E-state index in [1.54, 1.807) is 6.07 Å². The lowest BCUT2D eigenvalue weighted by Crippen LogP contribution is -1.87. The number of hydrogen-bond acceptors (Lipinski definition) is 2. The lowest BCUT2D eigenvalue weighted by Gasteiger charge is -2.06. The van der Waals surface area contributed by atoms with E-state index in [1.165, 1.54) is 6.08 Å². The summed E-state index contributed by atoms with van der Waals surface area (Å²) in [5.41, 5.74) is 0.773. The predicted octanol–water partition coefficient (Wildman–Crippen LogP) is 4.34. The van der Waals surface area contributed by atoms with Gasteiger partial charge in [-0.25, -0.2) is 4.79 Å². The van der Waals surface area contributed by atoms with E-state index in [4.69, 9.17) is 9.84 Å². The Kier molecular flexibility index (Phi) is 4.36. The van der Waals surface area contributed by atoms with Crippen LogP contribution in [0, 0.1) is 0 Å². The van der Waals surface area contributed by atoms with Crippen molar-refractivity contribution in [2.24, 2.45) is 0 Å². The van der Waals surface area contributed by atoms with Gasteiger partial charge < -0.3 is 9.84 Å². The first-order valence-corrected chi connectivity index (χ1v) is 6.37. The second-order valence-corrected chi connectivity index (χ2v) is 4.72. The van der Waals surface area contributed by atoms with Crippen LogP contribution in [0.2, 0.25) is 0 Å². The molecule has 0 aliphatic carbocycles. The van der Waals surface area contributed by atoms with Crippen molar-refractivity contribution in [3.63, 3.8) is 0 Å². The molecule has 0 spiro atoms. The lowest BCUT2D eigenvalue weighted by molar-refractivity contribution is -0.131. The SMILES string of the molecule is O=C(O)C=Cc1cccc(Oc2cccc(Br)c2)c1. The Labute approximate surface area is 119 Å². The number of aliphatic carboxylic acids is 1. The summed E-state index contributed by atoms with van der Waals surface area (Å²) in [6.45, 7) is 0. The molecule has 2 rings (SSSR count). The van der Waals surface area contributed by atoms with Crippen LogP contribution >= 0.6 is 15.9 Å². The lowest BCUT2D eigenvalue weighted by atomic mass is 10.2. The number of carboxylic acid groups (broad SMARTS) is 1. The monoisotopic (exact) mass is 318 g/mol. The summed E-state index contributed by atoms with van der Waals surface area (Å²) in [4.78, 5) is 10.5. The number of benzene rings is 2. The first kappa shape index (κ1) is 13.4. The second-order valence-electron chi connectivity index (χ2n) is 3.80. The normalized spacial score (nSPS) is 10.6. The molecule has 0 atom stereocenters. The minimum Gasteiger partial charge on any atom is -0.478 e. The van der Waals surface area contributed by atoms with Crippen LogP contribution in [0.1, 0.15) is 5.56 Å². The van der Waals surface area contributed by atoms with Crippen LogP contribution in [-0.2, 0) is 4.79 Å². The molecule has 0 radical (unpaired) electrons. The molecule has 0 heterocycles. The standard InChI is InChI=1S/C15H11BrO3/c16-12-4-2-6-14(10-12)19-13-5-1-3-11(9-13)7-8-15(17)18/h1-10H,(H,17,18). The molecule has 0 saturated carbocycles. The van der Waals surface area contributed by atoms with Crippen LogP contribution in [0.3, 0.4) is 0 Å². The molecule has 0 fully saturated rings. The minimum absolute atomic E-state index is 0.658. The zero-order valence-corrected chi connectivity index (χ0v) is 11.5. The first-order chi connectivity index (χ1) is 9.13. The highest BCUT2D eigenvalue weighted by Gasteiger charge is 1.99. The number of rotatable bonds is 4. The van der Waals surface area contributed by atoms with Gasteiger partial charge in [-0.05, 0) is 42.0 Å². The third-order valence-corrected chi connectivity index (χ3v) is 2.80. The third-order valence-electron chi connectivity index (χ3n) is 2.31. The number of carboxylic acids is 1. The molecule has 0 saturated heterocycles. The van der Waals surface area contributed by atoms with Crippen molar-refractivity contribution in [2.75, 3.05) is 0 Å². The highest BCUT2D eigenvalue weighted by atomic mass is 79.9. The van der Waals surface area contributed by atoms with Crippen LogP contribution in [0.4, 0.5) is 0 Å². The molecule has 0 aromatic heterocycles. The molecule has 3 nitrogen and oxygen atoms in total. The molecular weight excluding hydrogens is 308 g/mol. The minimum atomic E-state index is -0.974. The first-order valence-electron chi connectivity index (χ1n) is 5.58. The van der Waals surface area contributed by atoms with Crippen molar-refractivity contribution < 1.29 is 14.6 Å². The van der Waals surface area contributed by atoms with E-state index in [2.05, 4.69) is 15.9 Å². The van der Waals surface area contributed by atoms with Gasteiger partial charge in [0.2, 0.25) is 0 Å². The maximum absolute atomic E-state index is 10.5. The van der Waals surface area contributed by atoms with Crippen molar-refractivity contribution in [2.45, 2.75) is 0 Å². The summed E-state index contributed by atoms with van der Waals surface area (Å²) in [5, 5.41) is 8.59. The fourth-order valence-electron chi connectivity index (χ4n) is 1.52. The van der Waals surface area contributed by atoms with Gasteiger partial charge >= 0.3 is 5.97 Å². The summed E-state index contributed by atoms with van der Waals surface area (Å²) in [7, 11) is 0. The van der Waals surface area contributed by atoms with E-state index in [-0.39, 0.29) is 0 Å². The van der Waals surface area contributed by atoms with E-state index in [0.717, 1.165) is 16.1 Å². The molecule has 2 aromatic carbocycles. The maximum atomic E-state index is 10.5. The molecular formula is C15H11BrO3. The van der Waals surface area contributed by atoms with Gasteiger partial charge in [-0.3, -0.25) is 0 Å². The molecule has 0 aliphatic rings. The Morgan fingerprint density at radius 1 is 1.11 bits per heavy atom. The maximum Gasteiger partial charge on any atom is 0.328 e. The Balaban J connectivity index is 2.17. The van der Waals surface area contributed by atoms with Gasteiger partial charge in [-0.1, -0.05) is 34.1 Å². The Hall–Kier alpha value is -2.07. The highest BCUT2D eigenvalue weighted by Crippen LogP contribution is 2.25. The van der Waals surface area contributed by atoms with E-state index in [0.29, 0.717) is 11.5 Å². The number of hydrogen-bond donors (Lipinski definition) is 1. The van der Waals surface area contributed by atoms with Gasteiger partial charge in [0.25, 0.3) is 0 Å². The summed E-state index contributed by atoms with van der Waals surface area (Å²) in [6, 6.07) is 14.7. The van der Waals surface area contributed by atoms with Gasteiger partial charge in [0, 0.05) is 10.5 Å². The van der Waals surface area contributed by atoms with Crippen LogP contribution in [-0.4, -0.2) is 11.1 Å². The van der Waals surface area contributed by atoms with Crippen LogP contribution < -0.4 is 4.74 Å². The molecule has 96 valence electrons. The van der Waals surface area contributed by atoms with E-state index in [1.807, 2.05) is 42.5 Å². The predicted molar refractivity (Wildman–Crippen MR) is 77.3 cm³/mol. The molecule has 2 aromatic rings. The second kappa shape index (κ2) is 6.20. The molecule has 0 bridgehead atoms. The van der Waals surface area contributed by atoms with Crippen LogP contribution in [0.25, 0.3) is 6.08 Å². The molecule has 0 amide bonds. The summed E-state index contributed by atoms with van der Waals surface area (Å²) >= 11 is 3.37. The Morgan fingerprint density at radius 3 is 2.47 bits per heavy atom. The van der Waals surface area contributed by atoms with Crippen molar-refractivity contribution in [3.05, 3.63) is 64.6 Å². The van der Waals surface area contributed by atoms with Gasteiger partial charge in [-0.2, -0.15) is 0 Å². The third kappa shape index (κ3) is 4.26. The van der Waals surface area contributed by atoms with Crippen LogP contribution in [0.5, 0.6) is 11.5 Å². The quantitative estimate of drug-likeness (QED) is 0.853. The zero-order valence-electron chi connectivity index (χ0n) is 9.92. The van der Waals surface area contributed by atoms with E-state index in [9.17, 15) is 4.79 Å². The number of ether oxygens (including phenoxy) is 1. The Bertz CT molecular complexity index is 620. The van der Waals surface area contributed by atoms with Gasteiger partial charge in [0.05, 0.1) is 0 Å². The average molecular weight is 319 g/mol. The topological polar surface area (TPSA) is 46.5 Å². The number of halogens is 1. The molecule has 0 unspecified atom stereocenters. The zero-order chi connectivity index (χ0) is 13.7. The van der Waals surface area contributed by atoms with Gasteiger partial charge in [0.1, 0.15) is 11.5 Å².